The molecule has 3 nitrogen and oxygen atoms in total. The van der Waals surface area contributed by atoms with Gasteiger partial charge in [-0.1, -0.05) is 30.3 Å². The van der Waals surface area contributed by atoms with E-state index in [1.165, 1.54) is 0 Å². The standard InChI is InChI=1S/C14H14BrNO2/c15-12-2-1-3-13(16)14(12)18-9-11-6-4-10(8-17)5-7-11/h1-7,17H,8-9,16H2. The van der Waals surface area contributed by atoms with Crippen LogP contribution in [0.5, 0.6) is 5.75 Å². The molecule has 0 heterocycles. The summed E-state index contributed by atoms with van der Waals surface area (Å²) in [6.45, 7) is 0.497. The topological polar surface area (TPSA) is 55.5 Å². The monoisotopic (exact) mass is 307 g/mol. The third kappa shape index (κ3) is 3.03. The fraction of sp³-hybridized carbons (Fsp3) is 0.143. The second-order valence-corrected chi connectivity index (χ2v) is 4.78. The molecule has 2 aromatic carbocycles. The Balaban J connectivity index is 2.06. The minimum Gasteiger partial charge on any atom is -0.486 e. The Hall–Kier alpha value is -1.52. The molecule has 0 aliphatic carbocycles. The summed E-state index contributed by atoms with van der Waals surface area (Å²) in [6.07, 6.45) is 0. The Morgan fingerprint density at radius 2 is 1.72 bits per heavy atom. The van der Waals surface area contributed by atoms with Crippen LogP contribution in [0.3, 0.4) is 0 Å². The fourth-order valence-corrected chi connectivity index (χ4v) is 2.07. The highest BCUT2D eigenvalue weighted by molar-refractivity contribution is 9.10. The van der Waals surface area contributed by atoms with Gasteiger partial charge in [-0.15, -0.1) is 0 Å². The second-order valence-electron chi connectivity index (χ2n) is 3.92. The van der Waals surface area contributed by atoms with Crippen molar-refractivity contribution >= 4 is 21.6 Å². The molecule has 0 aliphatic rings. The number of halogens is 1. The zero-order valence-corrected chi connectivity index (χ0v) is 11.4. The van der Waals surface area contributed by atoms with Crippen molar-refractivity contribution in [3.05, 3.63) is 58.1 Å². The predicted molar refractivity (Wildman–Crippen MR) is 75.3 cm³/mol. The lowest BCUT2D eigenvalue weighted by Crippen LogP contribution is -1.99. The van der Waals surface area contributed by atoms with Gasteiger partial charge < -0.3 is 15.6 Å². The number of nitrogen functional groups attached to an aromatic ring is 1. The SMILES string of the molecule is Nc1cccc(Br)c1OCc1ccc(CO)cc1. The molecule has 0 saturated carbocycles. The van der Waals surface area contributed by atoms with E-state index in [4.69, 9.17) is 15.6 Å². The van der Waals surface area contributed by atoms with Gasteiger partial charge in [0.05, 0.1) is 16.8 Å². The van der Waals surface area contributed by atoms with Crippen molar-refractivity contribution in [3.63, 3.8) is 0 Å². The molecule has 3 N–H and O–H groups in total. The highest BCUT2D eigenvalue weighted by Crippen LogP contribution is 2.31. The number of aliphatic hydroxyl groups excluding tert-OH is 1. The summed E-state index contributed by atoms with van der Waals surface area (Å²) in [4.78, 5) is 0. The van der Waals surface area contributed by atoms with Gasteiger partial charge in [0, 0.05) is 0 Å². The van der Waals surface area contributed by atoms with Crippen LogP contribution in [0.4, 0.5) is 5.69 Å². The van der Waals surface area contributed by atoms with Crippen LogP contribution in [-0.2, 0) is 13.2 Å². The van der Waals surface area contributed by atoms with Crippen molar-refractivity contribution in [2.75, 3.05) is 5.73 Å². The maximum Gasteiger partial charge on any atom is 0.156 e. The van der Waals surface area contributed by atoms with Crippen LogP contribution in [0, 0.1) is 0 Å². The molecule has 0 radical (unpaired) electrons. The summed E-state index contributed by atoms with van der Waals surface area (Å²) in [5, 5.41) is 8.96. The number of hydrogen-bond acceptors (Lipinski definition) is 3. The van der Waals surface area contributed by atoms with Crippen molar-refractivity contribution < 1.29 is 9.84 Å². The Morgan fingerprint density at radius 1 is 1.06 bits per heavy atom. The molecule has 0 amide bonds. The molecule has 0 bridgehead atoms. The van der Waals surface area contributed by atoms with Crippen molar-refractivity contribution in [2.45, 2.75) is 13.2 Å². The van der Waals surface area contributed by atoms with Crippen molar-refractivity contribution in [2.24, 2.45) is 0 Å². The molecule has 0 atom stereocenters. The smallest absolute Gasteiger partial charge is 0.156 e. The molecular weight excluding hydrogens is 294 g/mol. The average Bonchev–Trinajstić information content (AvgIpc) is 2.39. The van der Waals surface area contributed by atoms with Gasteiger partial charge in [-0.3, -0.25) is 0 Å². The highest BCUT2D eigenvalue weighted by Gasteiger charge is 2.05. The van der Waals surface area contributed by atoms with Gasteiger partial charge in [0.25, 0.3) is 0 Å². The zero-order valence-electron chi connectivity index (χ0n) is 9.77. The molecule has 4 heteroatoms. The van der Waals surface area contributed by atoms with E-state index < -0.39 is 0 Å². The van der Waals surface area contributed by atoms with Gasteiger partial charge in [-0.2, -0.15) is 0 Å². The summed E-state index contributed by atoms with van der Waals surface area (Å²) < 4.78 is 6.53. The molecule has 0 unspecified atom stereocenters. The first-order valence-electron chi connectivity index (χ1n) is 5.56. The molecule has 0 aromatic heterocycles. The number of benzene rings is 2. The normalized spacial score (nSPS) is 10.3. The largest absolute Gasteiger partial charge is 0.486 e. The Bertz CT molecular complexity index is 506. The zero-order chi connectivity index (χ0) is 13.0. The van der Waals surface area contributed by atoms with Gasteiger partial charge in [0.15, 0.2) is 5.75 Å². The maximum atomic E-state index is 8.96. The molecule has 0 spiro atoms. The molecule has 94 valence electrons. The van der Waals surface area contributed by atoms with Crippen LogP contribution in [-0.4, -0.2) is 5.11 Å². The van der Waals surface area contributed by atoms with E-state index in [2.05, 4.69) is 15.9 Å². The van der Waals surface area contributed by atoms with Gasteiger partial charge in [0.1, 0.15) is 6.61 Å². The molecule has 0 saturated heterocycles. The molecular formula is C14H14BrNO2. The number of rotatable bonds is 4. The Kier molecular flexibility index (Phi) is 4.23. The van der Waals surface area contributed by atoms with E-state index in [1.54, 1.807) is 6.07 Å². The van der Waals surface area contributed by atoms with Gasteiger partial charge in [-0.05, 0) is 39.2 Å². The third-order valence-electron chi connectivity index (χ3n) is 2.59. The van der Waals surface area contributed by atoms with Crippen LogP contribution in [0.25, 0.3) is 0 Å². The second kappa shape index (κ2) is 5.89. The maximum absolute atomic E-state index is 8.96. The number of ether oxygens (including phenoxy) is 1. The van der Waals surface area contributed by atoms with Gasteiger partial charge in [0.2, 0.25) is 0 Å². The lowest BCUT2D eigenvalue weighted by atomic mass is 10.1. The van der Waals surface area contributed by atoms with E-state index in [0.717, 1.165) is 15.6 Å². The van der Waals surface area contributed by atoms with Crippen LogP contribution < -0.4 is 10.5 Å². The van der Waals surface area contributed by atoms with E-state index in [9.17, 15) is 0 Å². The van der Waals surface area contributed by atoms with Crippen LogP contribution in [0.2, 0.25) is 0 Å². The number of anilines is 1. The fourth-order valence-electron chi connectivity index (χ4n) is 1.57. The van der Waals surface area contributed by atoms with Crippen LogP contribution in [0.1, 0.15) is 11.1 Å². The minimum atomic E-state index is 0.0539. The van der Waals surface area contributed by atoms with E-state index in [1.807, 2.05) is 36.4 Å². The van der Waals surface area contributed by atoms with E-state index in [0.29, 0.717) is 18.0 Å². The molecule has 2 rings (SSSR count). The quantitative estimate of drug-likeness (QED) is 0.853. The number of nitrogens with two attached hydrogens (primary N) is 1. The molecule has 0 aliphatic heterocycles. The van der Waals surface area contributed by atoms with Gasteiger partial charge in [-0.25, -0.2) is 0 Å². The van der Waals surface area contributed by atoms with Crippen molar-refractivity contribution in [1.82, 2.24) is 0 Å². The Labute approximate surface area is 114 Å². The summed E-state index contributed by atoms with van der Waals surface area (Å²) in [5.41, 5.74) is 8.37. The first-order valence-corrected chi connectivity index (χ1v) is 6.35. The lowest BCUT2D eigenvalue weighted by molar-refractivity contribution is 0.281. The van der Waals surface area contributed by atoms with Gasteiger partial charge >= 0.3 is 0 Å². The number of para-hydroxylation sites is 1. The van der Waals surface area contributed by atoms with Crippen LogP contribution >= 0.6 is 15.9 Å². The Morgan fingerprint density at radius 3 is 2.33 bits per heavy atom. The average molecular weight is 308 g/mol. The minimum absolute atomic E-state index is 0.0539. The van der Waals surface area contributed by atoms with Crippen molar-refractivity contribution in [3.8, 4) is 5.75 Å². The summed E-state index contributed by atoms with van der Waals surface area (Å²) >= 11 is 3.41. The van der Waals surface area contributed by atoms with Crippen LogP contribution in [0.15, 0.2) is 46.9 Å². The molecule has 18 heavy (non-hydrogen) atoms. The molecule has 0 fully saturated rings. The van der Waals surface area contributed by atoms with Crippen molar-refractivity contribution in [1.29, 1.82) is 0 Å². The van der Waals surface area contributed by atoms with E-state index >= 15 is 0 Å². The first kappa shape index (κ1) is 12.9. The number of aliphatic hydroxyl groups is 1. The number of hydrogen-bond donors (Lipinski definition) is 2. The summed E-state index contributed by atoms with van der Waals surface area (Å²) in [6, 6.07) is 13.2. The molecule has 2 aromatic rings. The predicted octanol–water partition coefficient (Wildman–Crippen LogP) is 3.10. The highest BCUT2D eigenvalue weighted by atomic mass is 79.9. The van der Waals surface area contributed by atoms with E-state index in [-0.39, 0.29) is 6.61 Å². The lowest BCUT2D eigenvalue weighted by Gasteiger charge is -2.10. The first-order chi connectivity index (χ1) is 8.70. The summed E-state index contributed by atoms with van der Waals surface area (Å²) in [7, 11) is 0. The summed E-state index contributed by atoms with van der Waals surface area (Å²) in [5.74, 6) is 0.656. The third-order valence-corrected chi connectivity index (χ3v) is 3.21.